The Kier molecular flexibility index (Phi) is 7.09. The number of para-hydroxylation sites is 2. The number of furan rings is 1. The van der Waals surface area contributed by atoms with Crippen LogP contribution in [0.2, 0.25) is 0 Å². The summed E-state index contributed by atoms with van der Waals surface area (Å²) >= 11 is 0. The second kappa shape index (κ2) is 12.2. The maximum Gasteiger partial charge on any atom is 0.142 e. The highest BCUT2D eigenvalue weighted by Gasteiger charge is 2.33. The Morgan fingerprint density at radius 3 is 1.98 bits per heavy atom. The zero-order valence-corrected chi connectivity index (χ0v) is 28.1. The van der Waals surface area contributed by atoms with Crippen LogP contribution in [0.25, 0.3) is 44.9 Å². The predicted octanol–water partition coefficient (Wildman–Crippen LogP) is 13.0. The fourth-order valence-corrected chi connectivity index (χ4v) is 8.00. The largest absolute Gasteiger partial charge is 0.460 e. The summed E-state index contributed by atoms with van der Waals surface area (Å²) in [5.41, 5.74) is 13.8. The van der Waals surface area contributed by atoms with Crippen LogP contribution >= 0.6 is 0 Å². The Bertz CT molecular complexity index is 2500. The number of rotatable bonds is 6. The fourth-order valence-electron chi connectivity index (χ4n) is 8.00. The summed E-state index contributed by atoms with van der Waals surface area (Å²) in [6, 6.07) is 52.1. The maximum absolute atomic E-state index is 6.45. The molecule has 244 valence electrons. The van der Waals surface area contributed by atoms with Crippen LogP contribution in [-0.4, -0.2) is 0 Å². The number of hydrogen-bond acceptors (Lipinski definition) is 3. The first kappa shape index (κ1) is 29.6. The van der Waals surface area contributed by atoms with Crippen LogP contribution in [0.1, 0.15) is 41.2 Å². The summed E-state index contributed by atoms with van der Waals surface area (Å²) in [6.45, 7) is 0. The van der Waals surface area contributed by atoms with E-state index >= 15 is 0 Å². The van der Waals surface area contributed by atoms with Gasteiger partial charge in [-0.15, -0.1) is 0 Å². The highest BCUT2D eigenvalue weighted by Crippen LogP contribution is 2.48. The highest BCUT2D eigenvalue weighted by molar-refractivity contribution is 5.97. The summed E-state index contributed by atoms with van der Waals surface area (Å²) in [4.78, 5) is 2.33. The van der Waals surface area contributed by atoms with Crippen molar-refractivity contribution in [1.82, 2.24) is 0 Å². The van der Waals surface area contributed by atoms with Gasteiger partial charge in [-0.2, -0.15) is 0 Å². The summed E-state index contributed by atoms with van der Waals surface area (Å²) in [5, 5.41) is 1.22. The van der Waals surface area contributed by atoms with Crippen LogP contribution < -0.4 is 9.64 Å². The number of anilines is 3. The highest BCUT2D eigenvalue weighted by atomic mass is 16.5. The molecule has 0 saturated heterocycles. The normalized spacial score (nSPS) is 15.7. The van der Waals surface area contributed by atoms with Crippen LogP contribution in [0.5, 0.6) is 5.75 Å². The van der Waals surface area contributed by atoms with Gasteiger partial charge < -0.3 is 14.1 Å². The molecule has 0 saturated carbocycles. The number of hydrogen-bond donors (Lipinski definition) is 0. The van der Waals surface area contributed by atoms with Crippen LogP contribution in [0.15, 0.2) is 174 Å². The third kappa shape index (κ3) is 5.13. The number of ether oxygens (including phenoxy) is 1. The van der Waals surface area contributed by atoms with Gasteiger partial charge in [0.15, 0.2) is 0 Å². The van der Waals surface area contributed by atoms with Crippen LogP contribution in [-0.2, 0) is 6.42 Å². The molecule has 0 fully saturated rings. The maximum atomic E-state index is 6.45. The number of benzene rings is 6. The first-order valence-electron chi connectivity index (χ1n) is 17.8. The average Bonchev–Trinajstić information content (AvgIpc) is 3.78. The molecule has 0 amide bonds. The Labute approximate surface area is 298 Å². The molecule has 51 heavy (non-hydrogen) atoms. The molecule has 0 radical (unpaired) electrons. The smallest absolute Gasteiger partial charge is 0.142 e. The monoisotopic (exact) mass is 657 g/mol. The van der Waals surface area contributed by atoms with Crippen molar-refractivity contribution in [2.45, 2.75) is 25.2 Å². The molecular formula is C48H35NO2. The first-order valence-corrected chi connectivity index (χ1v) is 17.8. The molecule has 1 unspecified atom stereocenters. The lowest BCUT2D eigenvalue weighted by Crippen LogP contribution is -2.10. The molecule has 3 heteroatoms. The predicted molar refractivity (Wildman–Crippen MR) is 210 cm³/mol. The molecular weight excluding hydrogens is 623 g/mol. The van der Waals surface area contributed by atoms with Gasteiger partial charge in [-0.05, 0) is 90.1 Å². The van der Waals surface area contributed by atoms with Gasteiger partial charge in [0.25, 0.3) is 0 Å². The van der Waals surface area contributed by atoms with Crippen LogP contribution in [0.3, 0.4) is 0 Å². The number of aryl methyl sites for hydroxylation is 1. The lowest BCUT2D eigenvalue weighted by atomic mass is 9.87. The molecule has 7 aromatic rings. The SMILES string of the molecule is C1=Cc2oc3c(-c4ccc(N(c5ccc(C6=C7Oc8ccccc8C7CC=C6)cc5)c5ccc(-c6ccccc6)cc5)cc4)cccc3c2CC1. The second-order valence-electron chi connectivity index (χ2n) is 13.5. The molecule has 3 aliphatic rings. The van der Waals surface area contributed by atoms with Gasteiger partial charge in [0, 0.05) is 50.6 Å². The quantitative estimate of drug-likeness (QED) is 0.178. The van der Waals surface area contributed by atoms with E-state index in [-0.39, 0.29) is 5.92 Å². The van der Waals surface area contributed by atoms with Gasteiger partial charge in [0.1, 0.15) is 22.9 Å². The van der Waals surface area contributed by atoms with Gasteiger partial charge >= 0.3 is 0 Å². The van der Waals surface area contributed by atoms with Gasteiger partial charge in [0.2, 0.25) is 0 Å². The number of nitrogens with zero attached hydrogens (tertiary/aromatic N) is 1. The summed E-state index contributed by atoms with van der Waals surface area (Å²) in [7, 11) is 0. The van der Waals surface area contributed by atoms with Crippen molar-refractivity contribution in [2.24, 2.45) is 0 Å². The van der Waals surface area contributed by atoms with E-state index in [1.165, 1.54) is 27.6 Å². The molecule has 1 aromatic heterocycles. The Morgan fingerprint density at radius 1 is 0.549 bits per heavy atom. The Morgan fingerprint density at radius 2 is 1.22 bits per heavy atom. The van der Waals surface area contributed by atoms with E-state index in [0.29, 0.717) is 0 Å². The molecule has 0 N–H and O–H groups in total. The third-order valence-corrected chi connectivity index (χ3v) is 10.5. The topological polar surface area (TPSA) is 25.6 Å². The Balaban J connectivity index is 1.03. The third-order valence-electron chi connectivity index (χ3n) is 10.5. The van der Waals surface area contributed by atoms with Crippen molar-refractivity contribution >= 4 is 39.7 Å². The lowest BCUT2D eigenvalue weighted by Gasteiger charge is -2.26. The molecule has 1 aliphatic heterocycles. The lowest BCUT2D eigenvalue weighted by molar-refractivity contribution is 0.429. The van der Waals surface area contributed by atoms with Crippen molar-refractivity contribution in [3.05, 3.63) is 192 Å². The minimum Gasteiger partial charge on any atom is -0.460 e. The van der Waals surface area contributed by atoms with Gasteiger partial charge in [-0.3, -0.25) is 0 Å². The fraction of sp³-hybridized carbons (Fsp3) is 0.0833. The molecule has 2 heterocycles. The van der Waals surface area contributed by atoms with Crippen LogP contribution in [0.4, 0.5) is 17.1 Å². The zero-order chi connectivity index (χ0) is 33.7. The van der Waals surface area contributed by atoms with Crippen molar-refractivity contribution in [2.75, 3.05) is 4.90 Å². The van der Waals surface area contributed by atoms with E-state index in [9.17, 15) is 0 Å². The standard InChI is InChI=1S/C48H35NO2/c1-2-10-32(11-3-1)33-20-26-36(27-21-33)49(37-28-22-34(23-29-37)39-14-8-16-43-41-12-4-6-18-45(41)50-47(39)43)38-30-24-35(25-31-38)40-15-9-17-44-42-13-5-7-19-46(42)51-48(40)44/h1-4,6-12,14-15,17-31,43H,5,13,16H2. The van der Waals surface area contributed by atoms with Crippen molar-refractivity contribution in [3.8, 4) is 28.0 Å². The summed E-state index contributed by atoms with van der Waals surface area (Å²) in [6.07, 6.45) is 11.9. The van der Waals surface area contributed by atoms with Crippen LogP contribution in [0, 0.1) is 0 Å². The molecule has 0 spiro atoms. The second-order valence-corrected chi connectivity index (χ2v) is 13.5. The number of fused-ring (bicyclic) bond motifs is 6. The molecule has 0 bridgehead atoms. The molecule has 3 nitrogen and oxygen atoms in total. The Hall–Kier alpha value is -6.32. The molecule has 1 atom stereocenters. The summed E-state index contributed by atoms with van der Waals surface area (Å²) in [5.74, 6) is 3.30. The first-order chi connectivity index (χ1) is 25.3. The van der Waals surface area contributed by atoms with E-state index < -0.39 is 0 Å². The van der Waals surface area contributed by atoms with E-state index in [4.69, 9.17) is 9.15 Å². The minimum absolute atomic E-state index is 0.271. The molecule has 10 rings (SSSR count). The molecule has 6 aromatic carbocycles. The van der Waals surface area contributed by atoms with Crippen molar-refractivity contribution in [3.63, 3.8) is 0 Å². The van der Waals surface area contributed by atoms with E-state index in [2.05, 4.69) is 169 Å². The van der Waals surface area contributed by atoms with Gasteiger partial charge in [-0.1, -0.05) is 121 Å². The van der Waals surface area contributed by atoms with Gasteiger partial charge in [-0.25, -0.2) is 0 Å². The molecule has 2 aliphatic carbocycles. The van der Waals surface area contributed by atoms with Crippen molar-refractivity contribution in [1.29, 1.82) is 0 Å². The van der Waals surface area contributed by atoms with E-state index in [1.54, 1.807) is 0 Å². The average molecular weight is 658 g/mol. The van der Waals surface area contributed by atoms with Gasteiger partial charge in [0.05, 0.1) is 0 Å². The zero-order valence-electron chi connectivity index (χ0n) is 28.1. The minimum atomic E-state index is 0.271. The van der Waals surface area contributed by atoms with E-state index in [1.807, 2.05) is 6.07 Å². The number of allylic oxidation sites excluding steroid dienone is 5. The summed E-state index contributed by atoms with van der Waals surface area (Å²) < 4.78 is 12.9. The van der Waals surface area contributed by atoms with Crippen molar-refractivity contribution < 1.29 is 9.15 Å². The van der Waals surface area contributed by atoms with E-state index in [0.717, 1.165) is 81.4 Å².